The van der Waals surface area contributed by atoms with Gasteiger partial charge in [-0.1, -0.05) is 12.1 Å². The van der Waals surface area contributed by atoms with Crippen molar-refractivity contribution in [1.82, 2.24) is 10.2 Å². The van der Waals surface area contributed by atoms with Crippen molar-refractivity contribution in [2.24, 2.45) is 5.41 Å². The Morgan fingerprint density at radius 3 is 3.06 bits per heavy atom. The van der Waals surface area contributed by atoms with Crippen LogP contribution in [0.3, 0.4) is 0 Å². The predicted octanol–water partition coefficient (Wildman–Crippen LogP) is 1.58. The van der Waals surface area contributed by atoms with Gasteiger partial charge in [-0.3, -0.25) is 4.90 Å². The van der Waals surface area contributed by atoms with Crippen LogP contribution >= 0.6 is 0 Å². The summed E-state index contributed by atoms with van der Waals surface area (Å²) in [7, 11) is 0. The molecule has 0 radical (unpaired) electrons. The van der Waals surface area contributed by atoms with Crippen LogP contribution in [0.25, 0.3) is 0 Å². The quantitative estimate of drug-likeness (QED) is 0.812. The minimum atomic E-state index is 0.374. The smallest absolute Gasteiger partial charge is 0.115 e. The van der Waals surface area contributed by atoms with Gasteiger partial charge in [0.1, 0.15) is 5.75 Å². The minimum Gasteiger partial charge on any atom is -0.508 e. The largest absolute Gasteiger partial charge is 0.508 e. The highest BCUT2D eigenvalue weighted by molar-refractivity contribution is 5.27. The number of aromatic hydroxyl groups is 1. The van der Waals surface area contributed by atoms with Crippen LogP contribution in [0, 0.1) is 5.41 Å². The van der Waals surface area contributed by atoms with E-state index in [4.69, 9.17) is 0 Å². The van der Waals surface area contributed by atoms with Crippen LogP contribution < -0.4 is 5.32 Å². The number of phenols is 1. The van der Waals surface area contributed by atoms with Gasteiger partial charge in [-0.05, 0) is 49.0 Å². The number of hydrogen-bond acceptors (Lipinski definition) is 3. The van der Waals surface area contributed by atoms with Crippen LogP contribution in [0.15, 0.2) is 24.3 Å². The van der Waals surface area contributed by atoms with Crippen LogP contribution in [0.1, 0.15) is 18.4 Å². The first kappa shape index (κ1) is 11.1. The van der Waals surface area contributed by atoms with Gasteiger partial charge in [0.05, 0.1) is 0 Å². The van der Waals surface area contributed by atoms with Crippen LogP contribution in [0.5, 0.6) is 5.75 Å². The summed E-state index contributed by atoms with van der Waals surface area (Å²) < 4.78 is 0. The third kappa shape index (κ3) is 2.31. The summed E-state index contributed by atoms with van der Waals surface area (Å²) in [5, 5.41) is 12.9. The monoisotopic (exact) mass is 232 g/mol. The fraction of sp³-hybridized carbons (Fsp3) is 0.571. The van der Waals surface area contributed by atoms with Gasteiger partial charge in [0.2, 0.25) is 0 Å². The minimum absolute atomic E-state index is 0.374. The van der Waals surface area contributed by atoms with E-state index in [2.05, 4.69) is 16.3 Å². The first-order chi connectivity index (χ1) is 8.26. The van der Waals surface area contributed by atoms with E-state index >= 15 is 0 Å². The molecular weight excluding hydrogens is 212 g/mol. The fourth-order valence-electron chi connectivity index (χ4n) is 3.22. The Balaban J connectivity index is 1.64. The molecule has 1 aromatic rings. The molecule has 3 nitrogen and oxygen atoms in total. The Morgan fingerprint density at radius 2 is 2.29 bits per heavy atom. The Hall–Kier alpha value is -1.06. The topological polar surface area (TPSA) is 35.5 Å². The number of rotatable bonds is 2. The molecular formula is C14H20N2O. The number of nitrogens with zero attached hydrogens (tertiary/aromatic N) is 1. The van der Waals surface area contributed by atoms with Gasteiger partial charge in [0.15, 0.2) is 0 Å². The number of hydrogen-bond donors (Lipinski definition) is 2. The standard InChI is InChI=1S/C14H20N2O/c17-13-3-1-2-12(8-13)9-16-7-5-14(11-16)4-6-15-10-14/h1-3,8,15,17H,4-7,9-11H2. The van der Waals surface area contributed by atoms with E-state index in [9.17, 15) is 5.11 Å². The van der Waals surface area contributed by atoms with Gasteiger partial charge in [0, 0.05) is 19.6 Å². The Bertz CT molecular complexity index is 399. The highest BCUT2D eigenvalue weighted by Gasteiger charge is 2.39. The molecule has 0 amide bonds. The molecule has 1 atom stereocenters. The number of benzene rings is 1. The lowest BCUT2D eigenvalue weighted by Crippen LogP contribution is -2.28. The van der Waals surface area contributed by atoms with E-state index in [0.717, 1.165) is 6.54 Å². The fourth-order valence-corrected chi connectivity index (χ4v) is 3.22. The lowest BCUT2D eigenvalue weighted by atomic mass is 9.86. The molecule has 1 aromatic carbocycles. The molecule has 17 heavy (non-hydrogen) atoms. The van der Waals surface area contributed by atoms with E-state index in [-0.39, 0.29) is 0 Å². The second-order valence-electron chi connectivity index (χ2n) is 5.56. The summed E-state index contributed by atoms with van der Waals surface area (Å²) in [6.07, 6.45) is 2.64. The second kappa shape index (κ2) is 4.31. The van der Waals surface area contributed by atoms with Crippen molar-refractivity contribution >= 4 is 0 Å². The van der Waals surface area contributed by atoms with Crippen molar-refractivity contribution in [3.63, 3.8) is 0 Å². The average Bonchev–Trinajstić information content (AvgIpc) is 2.90. The van der Waals surface area contributed by atoms with Crippen molar-refractivity contribution in [1.29, 1.82) is 0 Å². The second-order valence-corrected chi connectivity index (χ2v) is 5.56. The molecule has 2 heterocycles. The normalized spacial score (nSPS) is 29.2. The highest BCUT2D eigenvalue weighted by Crippen LogP contribution is 2.36. The first-order valence-corrected chi connectivity index (χ1v) is 6.47. The SMILES string of the molecule is Oc1cccc(CN2CCC3(CCNC3)C2)c1. The maximum absolute atomic E-state index is 9.46. The Morgan fingerprint density at radius 1 is 1.35 bits per heavy atom. The summed E-state index contributed by atoms with van der Waals surface area (Å²) in [6.45, 7) is 5.73. The van der Waals surface area contributed by atoms with Gasteiger partial charge in [-0.15, -0.1) is 0 Å². The Labute approximate surface area is 102 Å². The van der Waals surface area contributed by atoms with E-state index in [1.165, 1.54) is 44.6 Å². The Kier molecular flexibility index (Phi) is 2.81. The molecule has 2 saturated heterocycles. The predicted molar refractivity (Wildman–Crippen MR) is 67.9 cm³/mol. The summed E-state index contributed by atoms with van der Waals surface area (Å²) in [5.41, 5.74) is 1.75. The molecule has 3 heteroatoms. The third-order valence-electron chi connectivity index (χ3n) is 4.17. The van der Waals surface area contributed by atoms with Crippen LogP contribution in [-0.2, 0) is 6.54 Å². The molecule has 2 aliphatic rings. The lowest BCUT2D eigenvalue weighted by Gasteiger charge is -2.22. The molecule has 1 unspecified atom stereocenters. The molecule has 0 aliphatic carbocycles. The molecule has 92 valence electrons. The molecule has 0 bridgehead atoms. The molecule has 2 fully saturated rings. The van der Waals surface area contributed by atoms with E-state index in [1.807, 2.05) is 12.1 Å². The summed E-state index contributed by atoms with van der Waals surface area (Å²) in [4.78, 5) is 2.52. The van der Waals surface area contributed by atoms with Crippen molar-refractivity contribution in [2.45, 2.75) is 19.4 Å². The molecule has 0 saturated carbocycles. The third-order valence-corrected chi connectivity index (χ3v) is 4.17. The van der Waals surface area contributed by atoms with Crippen molar-refractivity contribution in [3.8, 4) is 5.75 Å². The van der Waals surface area contributed by atoms with E-state index in [1.54, 1.807) is 6.07 Å². The number of likely N-dealkylation sites (tertiary alicyclic amines) is 1. The number of nitrogens with one attached hydrogen (secondary N) is 1. The van der Waals surface area contributed by atoms with Crippen molar-refractivity contribution < 1.29 is 5.11 Å². The van der Waals surface area contributed by atoms with Crippen LogP contribution in [0.4, 0.5) is 0 Å². The van der Waals surface area contributed by atoms with Crippen LogP contribution in [0.2, 0.25) is 0 Å². The van der Waals surface area contributed by atoms with E-state index in [0.29, 0.717) is 11.2 Å². The average molecular weight is 232 g/mol. The zero-order valence-electron chi connectivity index (χ0n) is 10.2. The molecule has 3 rings (SSSR count). The van der Waals surface area contributed by atoms with Crippen molar-refractivity contribution in [3.05, 3.63) is 29.8 Å². The number of phenolic OH excluding ortho intramolecular Hbond substituents is 1. The summed E-state index contributed by atoms with van der Waals surface area (Å²) in [6, 6.07) is 7.62. The molecule has 1 spiro atoms. The zero-order chi connectivity index (χ0) is 11.7. The maximum atomic E-state index is 9.46. The van der Waals surface area contributed by atoms with Gasteiger partial charge >= 0.3 is 0 Å². The zero-order valence-corrected chi connectivity index (χ0v) is 10.2. The molecule has 2 N–H and O–H groups in total. The summed E-state index contributed by atoms with van der Waals surface area (Å²) >= 11 is 0. The first-order valence-electron chi connectivity index (χ1n) is 6.47. The lowest BCUT2D eigenvalue weighted by molar-refractivity contribution is 0.268. The van der Waals surface area contributed by atoms with Crippen LogP contribution in [-0.4, -0.2) is 36.2 Å². The summed E-state index contributed by atoms with van der Waals surface area (Å²) in [5.74, 6) is 0.374. The van der Waals surface area contributed by atoms with Gasteiger partial charge in [0.25, 0.3) is 0 Å². The van der Waals surface area contributed by atoms with Gasteiger partial charge in [-0.2, -0.15) is 0 Å². The van der Waals surface area contributed by atoms with E-state index < -0.39 is 0 Å². The van der Waals surface area contributed by atoms with Crippen molar-refractivity contribution in [2.75, 3.05) is 26.2 Å². The molecule has 2 aliphatic heterocycles. The maximum Gasteiger partial charge on any atom is 0.115 e. The van der Waals surface area contributed by atoms with Gasteiger partial charge in [-0.25, -0.2) is 0 Å². The highest BCUT2D eigenvalue weighted by atomic mass is 16.3. The molecule has 0 aromatic heterocycles. The van der Waals surface area contributed by atoms with Gasteiger partial charge < -0.3 is 10.4 Å².